The van der Waals surface area contributed by atoms with Crippen LogP contribution in [0.1, 0.15) is 6.42 Å². The second-order valence-electron chi connectivity index (χ2n) is 1.98. The lowest BCUT2D eigenvalue weighted by Crippen LogP contribution is -2.09. The molecule has 1 unspecified atom stereocenters. The molecular formula is C5H6F2O2. The summed E-state index contributed by atoms with van der Waals surface area (Å²) < 4.78 is 27.7. The third-order valence-corrected chi connectivity index (χ3v) is 1.24. The molecule has 1 aliphatic heterocycles. The topological polar surface area (TPSA) is 26.3 Å². The molecule has 0 N–H and O–H groups in total. The van der Waals surface area contributed by atoms with Gasteiger partial charge in [0.05, 0.1) is 12.3 Å². The smallest absolute Gasteiger partial charge is 0.306 e. The molecule has 0 aliphatic carbocycles. The fourth-order valence-electron chi connectivity index (χ4n) is 0.694. The van der Waals surface area contributed by atoms with Gasteiger partial charge in [0.15, 0.2) is 0 Å². The third-order valence-electron chi connectivity index (χ3n) is 1.24. The zero-order valence-electron chi connectivity index (χ0n) is 4.64. The standard InChI is InChI=1S/C5H6F2O2/c6-5(7)3-1-4(8)9-2-3/h3,5H,1-2H2. The quantitative estimate of drug-likeness (QED) is 0.499. The molecule has 0 aromatic rings. The zero-order valence-corrected chi connectivity index (χ0v) is 4.64. The van der Waals surface area contributed by atoms with E-state index in [-0.39, 0.29) is 13.0 Å². The molecule has 1 aliphatic rings. The number of halogens is 2. The third kappa shape index (κ3) is 1.37. The predicted molar refractivity (Wildman–Crippen MR) is 25.1 cm³/mol. The summed E-state index contributed by atoms with van der Waals surface area (Å²) in [5, 5.41) is 0. The Bertz CT molecular complexity index is 124. The van der Waals surface area contributed by atoms with E-state index in [1.54, 1.807) is 0 Å². The van der Waals surface area contributed by atoms with Crippen LogP contribution in [0.25, 0.3) is 0 Å². The van der Waals surface area contributed by atoms with E-state index >= 15 is 0 Å². The molecule has 2 nitrogen and oxygen atoms in total. The highest BCUT2D eigenvalue weighted by Crippen LogP contribution is 2.20. The minimum Gasteiger partial charge on any atom is -0.465 e. The largest absolute Gasteiger partial charge is 0.465 e. The van der Waals surface area contributed by atoms with Gasteiger partial charge in [-0.25, -0.2) is 8.78 Å². The first kappa shape index (κ1) is 6.45. The number of carbonyl (C=O) groups is 1. The van der Waals surface area contributed by atoms with Gasteiger partial charge < -0.3 is 4.74 Å². The van der Waals surface area contributed by atoms with E-state index in [1.165, 1.54) is 0 Å². The van der Waals surface area contributed by atoms with Gasteiger partial charge >= 0.3 is 5.97 Å². The Morgan fingerprint density at radius 1 is 1.67 bits per heavy atom. The fraction of sp³-hybridized carbons (Fsp3) is 0.800. The SMILES string of the molecule is O=C1CC(C(F)F)CO1. The Balaban J connectivity index is 2.39. The molecule has 1 saturated heterocycles. The minimum absolute atomic E-state index is 0.115. The summed E-state index contributed by atoms with van der Waals surface area (Å²) in [7, 11) is 0. The Labute approximate surface area is 50.8 Å². The molecule has 9 heavy (non-hydrogen) atoms. The van der Waals surface area contributed by atoms with Crippen molar-refractivity contribution in [2.75, 3.05) is 6.61 Å². The van der Waals surface area contributed by atoms with Crippen LogP contribution in [0.15, 0.2) is 0 Å². The van der Waals surface area contributed by atoms with E-state index < -0.39 is 18.3 Å². The van der Waals surface area contributed by atoms with Crippen molar-refractivity contribution in [1.82, 2.24) is 0 Å². The number of hydrogen-bond donors (Lipinski definition) is 0. The first-order chi connectivity index (χ1) is 4.20. The Hall–Kier alpha value is -0.670. The Morgan fingerprint density at radius 2 is 2.33 bits per heavy atom. The Morgan fingerprint density at radius 3 is 2.56 bits per heavy atom. The van der Waals surface area contributed by atoms with Crippen molar-refractivity contribution in [1.29, 1.82) is 0 Å². The lowest BCUT2D eigenvalue weighted by atomic mass is 10.1. The van der Waals surface area contributed by atoms with Crippen molar-refractivity contribution in [3.63, 3.8) is 0 Å². The molecule has 1 rings (SSSR count). The van der Waals surface area contributed by atoms with Crippen LogP contribution >= 0.6 is 0 Å². The second kappa shape index (κ2) is 2.29. The maximum Gasteiger partial charge on any atom is 0.306 e. The molecule has 0 bridgehead atoms. The predicted octanol–water partition coefficient (Wildman–Crippen LogP) is 0.815. The van der Waals surface area contributed by atoms with Crippen LogP contribution in [0.2, 0.25) is 0 Å². The van der Waals surface area contributed by atoms with E-state index in [0.717, 1.165) is 0 Å². The minimum atomic E-state index is -2.42. The molecule has 1 fully saturated rings. The van der Waals surface area contributed by atoms with E-state index in [0.29, 0.717) is 0 Å². The molecule has 1 heterocycles. The molecule has 0 aromatic carbocycles. The monoisotopic (exact) mass is 136 g/mol. The fourth-order valence-corrected chi connectivity index (χ4v) is 0.694. The van der Waals surface area contributed by atoms with Gasteiger partial charge in [-0.1, -0.05) is 0 Å². The lowest BCUT2D eigenvalue weighted by molar-refractivity contribution is -0.137. The molecule has 1 atom stereocenters. The van der Waals surface area contributed by atoms with Crippen molar-refractivity contribution in [2.24, 2.45) is 5.92 Å². The van der Waals surface area contributed by atoms with Crippen molar-refractivity contribution in [2.45, 2.75) is 12.8 Å². The van der Waals surface area contributed by atoms with E-state index in [1.807, 2.05) is 0 Å². The maximum absolute atomic E-state index is 11.7. The van der Waals surface area contributed by atoms with Gasteiger partial charge in [-0.15, -0.1) is 0 Å². The summed E-state index contributed by atoms with van der Waals surface area (Å²) in [5.74, 6) is -1.38. The highest BCUT2D eigenvalue weighted by Gasteiger charge is 2.30. The Kier molecular flexibility index (Phi) is 1.64. The summed E-state index contributed by atoms with van der Waals surface area (Å²) >= 11 is 0. The number of hydrogen-bond acceptors (Lipinski definition) is 2. The van der Waals surface area contributed by atoms with E-state index in [4.69, 9.17) is 0 Å². The molecule has 0 radical (unpaired) electrons. The van der Waals surface area contributed by atoms with Crippen LogP contribution in [0.4, 0.5) is 8.78 Å². The van der Waals surface area contributed by atoms with Gasteiger partial charge in [0.2, 0.25) is 6.43 Å². The van der Waals surface area contributed by atoms with E-state index in [2.05, 4.69) is 4.74 Å². The number of ether oxygens (including phenoxy) is 1. The summed E-state index contributed by atoms with van der Waals surface area (Å²) in [4.78, 5) is 10.2. The highest BCUT2D eigenvalue weighted by molar-refractivity contribution is 5.71. The first-order valence-corrected chi connectivity index (χ1v) is 2.64. The van der Waals surface area contributed by atoms with Crippen LogP contribution in [0, 0.1) is 5.92 Å². The van der Waals surface area contributed by atoms with Crippen molar-refractivity contribution in [3.05, 3.63) is 0 Å². The number of alkyl halides is 2. The van der Waals surface area contributed by atoms with Gasteiger partial charge in [0.25, 0.3) is 0 Å². The van der Waals surface area contributed by atoms with Gasteiger partial charge in [0, 0.05) is 0 Å². The highest BCUT2D eigenvalue weighted by atomic mass is 19.3. The second-order valence-corrected chi connectivity index (χ2v) is 1.98. The van der Waals surface area contributed by atoms with Gasteiger partial charge in [-0.2, -0.15) is 0 Å². The van der Waals surface area contributed by atoms with Crippen LogP contribution in [0.5, 0.6) is 0 Å². The summed E-state index contributed by atoms with van der Waals surface area (Å²) in [6.45, 7) is -0.115. The summed E-state index contributed by atoms with van der Waals surface area (Å²) in [6.07, 6.45) is -2.55. The maximum atomic E-state index is 11.7. The summed E-state index contributed by atoms with van der Waals surface area (Å²) in [5.41, 5.74) is 0. The van der Waals surface area contributed by atoms with E-state index in [9.17, 15) is 13.6 Å². The van der Waals surface area contributed by atoms with Gasteiger partial charge in [0.1, 0.15) is 6.61 Å². The van der Waals surface area contributed by atoms with Crippen LogP contribution in [-0.2, 0) is 9.53 Å². The van der Waals surface area contributed by atoms with Gasteiger partial charge in [-0.3, -0.25) is 4.79 Å². The molecule has 52 valence electrons. The average molecular weight is 136 g/mol. The van der Waals surface area contributed by atoms with Gasteiger partial charge in [-0.05, 0) is 0 Å². The molecule has 0 spiro atoms. The van der Waals surface area contributed by atoms with Crippen molar-refractivity contribution < 1.29 is 18.3 Å². The van der Waals surface area contributed by atoms with Crippen molar-refractivity contribution >= 4 is 5.97 Å². The van der Waals surface area contributed by atoms with Crippen LogP contribution in [0.3, 0.4) is 0 Å². The number of cyclic esters (lactones) is 1. The molecule has 4 heteroatoms. The normalized spacial score (nSPS) is 27.0. The molecular weight excluding hydrogens is 130 g/mol. The first-order valence-electron chi connectivity index (χ1n) is 2.64. The number of esters is 1. The zero-order chi connectivity index (χ0) is 6.85. The molecule has 0 aromatic heterocycles. The van der Waals surface area contributed by atoms with Crippen molar-refractivity contribution in [3.8, 4) is 0 Å². The molecule has 0 amide bonds. The van der Waals surface area contributed by atoms with Crippen LogP contribution < -0.4 is 0 Å². The average Bonchev–Trinajstić information content (AvgIpc) is 2.14. The summed E-state index contributed by atoms with van der Waals surface area (Å²) in [6, 6.07) is 0. The lowest BCUT2D eigenvalue weighted by Gasteiger charge is -2.00. The number of rotatable bonds is 1. The number of carbonyl (C=O) groups excluding carboxylic acids is 1. The molecule has 0 saturated carbocycles. The van der Waals surface area contributed by atoms with Crippen LogP contribution in [-0.4, -0.2) is 19.0 Å².